The lowest BCUT2D eigenvalue weighted by Gasteiger charge is -2.33. The number of para-hydroxylation sites is 2. The number of amides is 2. The Balaban J connectivity index is 0.712. The Bertz CT molecular complexity index is 5120. The molecular formula is C102H124N6O26S2. The van der Waals surface area contributed by atoms with Crippen molar-refractivity contribution >= 4 is 113 Å². The third kappa shape index (κ3) is 30.8. The Kier molecular flexibility index (Phi) is 43.7. The number of hydrogen-bond acceptors (Lipinski definition) is 32. The van der Waals surface area contributed by atoms with Crippen molar-refractivity contribution in [3.8, 4) is 34.5 Å². The van der Waals surface area contributed by atoms with Crippen LogP contribution in [0.5, 0.6) is 34.5 Å². The highest BCUT2D eigenvalue weighted by Gasteiger charge is 2.30. The second kappa shape index (κ2) is 57.8. The minimum absolute atomic E-state index is 0.131. The number of nitrogens with one attached hydrogen (secondary N) is 2. The Morgan fingerprint density at radius 2 is 0.551 bits per heavy atom. The fourth-order valence-corrected chi connectivity index (χ4v) is 16.9. The van der Waals surface area contributed by atoms with Gasteiger partial charge in [-0.2, -0.15) is 0 Å². The van der Waals surface area contributed by atoms with E-state index in [1.165, 1.54) is 0 Å². The number of fused-ring (bicyclic) bond motifs is 10. The lowest BCUT2D eigenvalue weighted by atomic mass is 10.0. The van der Waals surface area contributed by atoms with E-state index in [0.29, 0.717) is 170 Å². The maximum atomic E-state index is 14.6. The number of methoxy groups -OCH3 is 6. The van der Waals surface area contributed by atoms with E-state index in [-0.39, 0.29) is 138 Å². The van der Waals surface area contributed by atoms with Crippen molar-refractivity contribution in [2.24, 2.45) is 0 Å². The average Bonchev–Trinajstić information content (AvgIpc) is 0.732. The van der Waals surface area contributed by atoms with Crippen molar-refractivity contribution in [2.75, 3.05) is 290 Å². The average molecular weight is 1910 g/mol. The van der Waals surface area contributed by atoms with Gasteiger partial charge < -0.3 is 134 Å². The molecule has 32 nitrogen and oxygen atoms in total. The molecule has 0 saturated carbocycles. The Morgan fingerprint density at radius 3 is 0.860 bits per heavy atom. The van der Waals surface area contributed by atoms with Crippen LogP contribution in [0.25, 0.3) is 43.6 Å². The first kappa shape index (κ1) is 103. The molecule has 2 N–H and O–H groups in total. The third-order valence-corrected chi connectivity index (χ3v) is 23.5. The fourth-order valence-electron chi connectivity index (χ4n) is 14.6. The summed E-state index contributed by atoms with van der Waals surface area (Å²) in [6.45, 7) is 12.7. The van der Waals surface area contributed by atoms with Gasteiger partial charge in [-0.05, 0) is 131 Å². The van der Waals surface area contributed by atoms with Gasteiger partial charge >= 0.3 is 0 Å². The van der Waals surface area contributed by atoms with Gasteiger partial charge in [0.15, 0.2) is 23.0 Å². The number of benzene rings is 10. The van der Waals surface area contributed by atoms with Gasteiger partial charge in [0.2, 0.25) is 11.5 Å². The van der Waals surface area contributed by atoms with E-state index in [2.05, 4.69) is 154 Å². The highest BCUT2D eigenvalue weighted by molar-refractivity contribution is 8.00. The number of carbonyl (C=O) groups is 2. The first-order valence-corrected chi connectivity index (χ1v) is 47.3. The minimum atomic E-state index is -0.363. The lowest BCUT2D eigenvalue weighted by molar-refractivity contribution is 0.0146. The molecule has 0 radical (unpaired) electrons. The summed E-state index contributed by atoms with van der Waals surface area (Å²) in [7, 11) is 9.74. The van der Waals surface area contributed by atoms with Crippen LogP contribution in [0.4, 0.5) is 34.1 Å². The lowest BCUT2D eigenvalue weighted by Crippen LogP contribution is -2.23. The maximum absolute atomic E-state index is 14.6. The zero-order valence-electron chi connectivity index (χ0n) is 78.3. The van der Waals surface area contributed by atoms with Crippen molar-refractivity contribution in [2.45, 2.75) is 32.7 Å². The first-order chi connectivity index (χ1) is 67.1. The molecule has 10 aromatic carbocycles. The third-order valence-electron chi connectivity index (χ3n) is 21.3. The summed E-state index contributed by atoms with van der Waals surface area (Å²) < 4.78 is 137. The Morgan fingerprint density at radius 1 is 0.272 bits per heavy atom. The summed E-state index contributed by atoms with van der Waals surface area (Å²) in [5, 5.41) is 10.3. The molecule has 0 fully saturated rings. The van der Waals surface area contributed by atoms with Crippen LogP contribution in [-0.4, -0.2) is 302 Å². The second-order valence-corrected chi connectivity index (χ2v) is 32.8. The van der Waals surface area contributed by atoms with Gasteiger partial charge in [0, 0.05) is 109 Å². The van der Waals surface area contributed by atoms with Crippen LogP contribution in [-0.2, 0) is 98.4 Å². The number of aromatic nitrogens is 2. The summed E-state index contributed by atoms with van der Waals surface area (Å²) >= 11 is 3.36. The molecule has 2 aliphatic rings. The largest absolute Gasteiger partial charge is 0.487 e. The molecule has 0 spiro atoms. The summed E-state index contributed by atoms with van der Waals surface area (Å²) in [4.78, 5) is 48.7. The fraction of sp³-hybridized carbons (Fsp3) is 0.431. The van der Waals surface area contributed by atoms with Crippen molar-refractivity contribution in [1.82, 2.24) is 20.6 Å². The number of nitrogens with zero attached hydrogens (tertiary/aromatic N) is 4. The van der Waals surface area contributed by atoms with Crippen LogP contribution in [0.3, 0.4) is 0 Å². The van der Waals surface area contributed by atoms with Crippen molar-refractivity contribution in [1.29, 1.82) is 0 Å². The Hall–Kier alpha value is -10.4. The van der Waals surface area contributed by atoms with E-state index in [1.54, 1.807) is 90.4 Å². The molecule has 0 aliphatic carbocycles. The van der Waals surface area contributed by atoms with Crippen molar-refractivity contribution in [3.05, 3.63) is 192 Å². The number of rotatable bonds is 68. The summed E-state index contributed by atoms with van der Waals surface area (Å²) in [5.74, 6) is 0.978. The predicted molar refractivity (Wildman–Crippen MR) is 519 cm³/mol. The predicted octanol–water partition coefficient (Wildman–Crippen LogP) is 15.2. The molecule has 136 heavy (non-hydrogen) atoms. The molecule has 1 aromatic heterocycles. The molecule has 730 valence electrons. The van der Waals surface area contributed by atoms with E-state index in [0.717, 1.165) is 108 Å². The van der Waals surface area contributed by atoms with Gasteiger partial charge in [-0.3, -0.25) is 9.59 Å². The zero-order chi connectivity index (χ0) is 94.4. The minimum Gasteiger partial charge on any atom is -0.487 e. The van der Waals surface area contributed by atoms with Crippen LogP contribution >= 0.6 is 23.5 Å². The van der Waals surface area contributed by atoms with Gasteiger partial charge in [0.25, 0.3) is 11.8 Å². The summed E-state index contributed by atoms with van der Waals surface area (Å²) in [6, 6.07) is 57.3. The number of hydrogen-bond donors (Lipinski definition) is 2. The molecule has 3 heterocycles. The monoisotopic (exact) mass is 1910 g/mol. The molecule has 0 bridgehead atoms. The smallest absolute Gasteiger partial charge is 0.251 e. The normalized spacial score (nSPS) is 12.2. The molecule has 11 aromatic rings. The van der Waals surface area contributed by atoms with E-state index in [1.807, 2.05) is 12.1 Å². The standard InChI is InChI=1S/C102H124N6O26S2/c1-111-27-33-117-39-45-123-51-57-129-89-67-77(68-90(130-58-52-124-46-40-118-34-28-112-2)99(89)133-61-55-127-49-43-121-37-31-115-5)101(109)103-71-73-15-25-87-95(63-73)135-93-13-9-7-11-85(93)107(87)79-19-21-81-75(65-79)17-23-83-97(81)106-98-82-22-20-80(66-76(82)18-24-84(98)105-83)108-86-12-8-10-14-94(86)136-96-64-74(16-26-88(96)108)72-104-102(110)78-69-91(131-59-53-125-47-41-119-35-29-113-3)100(134-62-56-128-50-44-122-38-32-116-6)92(70-78)132-60-54-126-48-42-120-36-30-114-4/h7-26,63-70H,27-62,71-72H2,1-6H3,(H,103,109)(H,104,110). The van der Waals surface area contributed by atoms with Gasteiger partial charge in [-0.25, -0.2) is 9.97 Å². The molecular weight excluding hydrogens is 1790 g/mol. The Labute approximate surface area is 802 Å². The quantitative estimate of drug-likeness (QED) is 0.0203. The van der Waals surface area contributed by atoms with Gasteiger partial charge in [-0.1, -0.05) is 84.2 Å². The highest BCUT2D eigenvalue weighted by Crippen LogP contribution is 2.54. The SMILES string of the molecule is COCCOCCOCCOc1cc(C(=O)NCc2ccc3c(c2)Sc2ccccc2N3c2ccc3c(ccc4nc5ccc6cc(N7c8ccccc8Sc8cc(CNC(=O)c9cc(OCCOCCOCCOC)c(OCCOCCOCCOC)c(OCCOCCOCCOC)c9)ccc87)ccc6c5nc43)c2)cc(OCCOCCOCCOC)c1OCCOCCOCCOC. The van der Waals surface area contributed by atoms with Crippen molar-refractivity contribution in [3.63, 3.8) is 0 Å². The van der Waals surface area contributed by atoms with Crippen molar-refractivity contribution < 1.29 is 123 Å². The maximum Gasteiger partial charge on any atom is 0.251 e. The highest BCUT2D eigenvalue weighted by atomic mass is 32.2. The van der Waals surface area contributed by atoms with Crippen LogP contribution in [0.2, 0.25) is 0 Å². The van der Waals surface area contributed by atoms with Gasteiger partial charge in [-0.15, -0.1) is 0 Å². The molecule has 0 saturated heterocycles. The zero-order valence-corrected chi connectivity index (χ0v) is 79.9. The van der Waals surface area contributed by atoms with E-state index in [9.17, 15) is 9.59 Å². The molecule has 0 unspecified atom stereocenters. The number of anilines is 6. The van der Waals surface area contributed by atoms with Gasteiger partial charge in [0.1, 0.15) is 39.6 Å². The molecule has 2 aliphatic heterocycles. The van der Waals surface area contributed by atoms with Crippen LogP contribution in [0.1, 0.15) is 31.8 Å². The van der Waals surface area contributed by atoms with E-state index >= 15 is 0 Å². The topological polar surface area (TPSA) is 312 Å². The van der Waals surface area contributed by atoms with Gasteiger partial charge in [0.05, 0.1) is 243 Å². The summed E-state index contributed by atoms with van der Waals surface area (Å²) in [5.41, 5.74) is 11.4. The second-order valence-electron chi connectivity index (χ2n) is 30.7. The number of ether oxygens (including phenoxy) is 24. The molecule has 2 amide bonds. The van der Waals surface area contributed by atoms with Crippen LogP contribution < -0.4 is 48.9 Å². The van der Waals surface area contributed by atoms with E-state index in [4.69, 9.17) is 124 Å². The van der Waals surface area contributed by atoms with Crippen LogP contribution in [0, 0.1) is 0 Å². The number of carbonyl (C=O) groups excluding carboxylic acids is 2. The van der Waals surface area contributed by atoms with Crippen LogP contribution in [0.15, 0.2) is 189 Å². The summed E-state index contributed by atoms with van der Waals surface area (Å²) in [6.07, 6.45) is 0. The first-order valence-electron chi connectivity index (χ1n) is 45.7. The molecule has 13 rings (SSSR count). The molecule has 34 heteroatoms. The van der Waals surface area contributed by atoms with E-state index < -0.39 is 0 Å². The molecule has 0 atom stereocenters.